The SMILES string of the molecule is CCCNC(CC(C)(C)C)C1=CCCC1. The molecule has 0 fully saturated rings. The van der Waals surface area contributed by atoms with Crippen molar-refractivity contribution in [2.45, 2.75) is 65.8 Å². The van der Waals surface area contributed by atoms with Gasteiger partial charge in [0.25, 0.3) is 0 Å². The minimum Gasteiger partial charge on any atom is -0.310 e. The Bertz CT molecular complexity index is 210. The average Bonchev–Trinajstić information content (AvgIpc) is 2.63. The first-order valence-electron chi connectivity index (χ1n) is 6.45. The molecule has 0 saturated heterocycles. The van der Waals surface area contributed by atoms with Gasteiger partial charge < -0.3 is 5.32 Å². The Morgan fingerprint density at radius 2 is 2.13 bits per heavy atom. The molecule has 1 nitrogen and oxygen atoms in total. The maximum Gasteiger partial charge on any atom is 0.0284 e. The molecule has 88 valence electrons. The van der Waals surface area contributed by atoms with Gasteiger partial charge in [-0.15, -0.1) is 0 Å². The lowest BCUT2D eigenvalue weighted by molar-refractivity contribution is 0.326. The zero-order valence-electron chi connectivity index (χ0n) is 10.9. The zero-order valence-corrected chi connectivity index (χ0v) is 10.9. The minimum atomic E-state index is 0.425. The van der Waals surface area contributed by atoms with Gasteiger partial charge >= 0.3 is 0 Å². The van der Waals surface area contributed by atoms with Crippen molar-refractivity contribution in [3.05, 3.63) is 11.6 Å². The molecule has 1 aliphatic carbocycles. The third-order valence-electron chi connectivity index (χ3n) is 2.98. The summed E-state index contributed by atoms with van der Waals surface area (Å²) in [5, 5.41) is 3.70. The summed E-state index contributed by atoms with van der Waals surface area (Å²) in [6.07, 6.45) is 8.93. The molecule has 1 atom stereocenters. The number of rotatable bonds is 5. The number of allylic oxidation sites excluding steroid dienone is 1. The molecule has 0 aromatic heterocycles. The van der Waals surface area contributed by atoms with E-state index in [2.05, 4.69) is 39.1 Å². The maximum atomic E-state index is 3.70. The summed E-state index contributed by atoms with van der Waals surface area (Å²) < 4.78 is 0. The second-order valence-electron chi connectivity index (χ2n) is 5.94. The number of hydrogen-bond acceptors (Lipinski definition) is 1. The first kappa shape index (κ1) is 12.8. The topological polar surface area (TPSA) is 12.0 Å². The van der Waals surface area contributed by atoms with E-state index in [4.69, 9.17) is 0 Å². The van der Waals surface area contributed by atoms with Crippen molar-refractivity contribution in [3.63, 3.8) is 0 Å². The molecule has 1 N–H and O–H groups in total. The van der Waals surface area contributed by atoms with Crippen molar-refractivity contribution in [3.8, 4) is 0 Å². The summed E-state index contributed by atoms with van der Waals surface area (Å²) in [7, 11) is 0. The lowest BCUT2D eigenvalue weighted by atomic mass is 9.85. The highest BCUT2D eigenvalue weighted by Gasteiger charge is 2.22. The summed E-state index contributed by atoms with van der Waals surface area (Å²) in [5.41, 5.74) is 2.09. The first-order chi connectivity index (χ1) is 7.03. The van der Waals surface area contributed by atoms with Crippen LogP contribution < -0.4 is 5.32 Å². The standard InChI is InChI=1S/C14H27N/c1-5-10-15-13(11-14(2,3)4)12-8-6-7-9-12/h8,13,15H,5-7,9-11H2,1-4H3. The number of hydrogen-bond donors (Lipinski definition) is 1. The van der Waals surface area contributed by atoms with Gasteiger partial charge in [0.1, 0.15) is 0 Å². The molecular weight excluding hydrogens is 182 g/mol. The quantitative estimate of drug-likeness (QED) is 0.677. The zero-order chi connectivity index (χ0) is 11.3. The molecule has 1 rings (SSSR count). The fraction of sp³-hybridized carbons (Fsp3) is 0.857. The highest BCUT2D eigenvalue weighted by molar-refractivity contribution is 5.15. The van der Waals surface area contributed by atoms with Crippen LogP contribution in [0.25, 0.3) is 0 Å². The first-order valence-corrected chi connectivity index (χ1v) is 6.45. The molecule has 0 bridgehead atoms. The third-order valence-corrected chi connectivity index (χ3v) is 2.98. The highest BCUT2D eigenvalue weighted by Crippen LogP contribution is 2.29. The lowest BCUT2D eigenvalue weighted by Gasteiger charge is -2.28. The third kappa shape index (κ3) is 4.83. The Kier molecular flexibility index (Phi) is 4.85. The average molecular weight is 209 g/mol. The lowest BCUT2D eigenvalue weighted by Crippen LogP contribution is -2.34. The minimum absolute atomic E-state index is 0.425. The van der Waals surface area contributed by atoms with Gasteiger partial charge in [-0.2, -0.15) is 0 Å². The van der Waals surface area contributed by atoms with Crippen molar-refractivity contribution >= 4 is 0 Å². The number of nitrogens with one attached hydrogen (secondary N) is 1. The molecule has 1 aliphatic rings. The van der Waals surface area contributed by atoms with Crippen LogP contribution in [-0.4, -0.2) is 12.6 Å². The summed E-state index contributed by atoms with van der Waals surface area (Å²) in [5.74, 6) is 0. The molecule has 1 unspecified atom stereocenters. The molecule has 0 radical (unpaired) electrons. The Hall–Kier alpha value is -0.300. The molecule has 0 amide bonds. The van der Waals surface area contributed by atoms with E-state index < -0.39 is 0 Å². The van der Waals surface area contributed by atoms with Crippen LogP contribution in [0.5, 0.6) is 0 Å². The van der Waals surface area contributed by atoms with Gasteiger partial charge in [-0.1, -0.05) is 39.3 Å². The largest absolute Gasteiger partial charge is 0.310 e. The van der Waals surface area contributed by atoms with Crippen molar-refractivity contribution < 1.29 is 0 Å². The molecule has 0 aliphatic heterocycles. The summed E-state index contributed by atoms with van der Waals surface area (Å²) in [4.78, 5) is 0. The van der Waals surface area contributed by atoms with Gasteiger partial charge in [0, 0.05) is 6.04 Å². The normalized spacial score (nSPS) is 19.1. The molecule has 0 heterocycles. The predicted molar refractivity (Wildman–Crippen MR) is 68.1 cm³/mol. The van der Waals surface area contributed by atoms with Crippen LogP contribution in [0.15, 0.2) is 11.6 Å². The Morgan fingerprint density at radius 1 is 1.40 bits per heavy atom. The second kappa shape index (κ2) is 5.69. The van der Waals surface area contributed by atoms with E-state index in [0.29, 0.717) is 11.5 Å². The van der Waals surface area contributed by atoms with Crippen molar-refractivity contribution in [2.24, 2.45) is 5.41 Å². The summed E-state index contributed by atoms with van der Waals surface area (Å²) in [6, 6.07) is 0.632. The van der Waals surface area contributed by atoms with Crippen LogP contribution in [-0.2, 0) is 0 Å². The fourth-order valence-corrected chi connectivity index (χ4v) is 2.28. The Labute approximate surface area is 95.3 Å². The van der Waals surface area contributed by atoms with E-state index in [9.17, 15) is 0 Å². The van der Waals surface area contributed by atoms with Crippen LogP contribution in [0.4, 0.5) is 0 Å². The molecule has 15 heavy (non-hydrogen) atoms. The van der Waals surface area contributed by atoms with E-state index in [1.165, 1.54) is 32.1 Å². The smallest absolute Gasteiger partial charge is 0.0284 e. The van der Waals surface area contributed by atoms with Gasteiger partial charge in [-0.05, 0) is 44.1 Å². The van der Waals surface area contributed by atoms with E-state index in [0.717, 1.165) is 6.54 Å². The van der Waals surface area contributed by atoms with E-state index in [-0.39, 0.29) is 0 Å². The van der Waals surface area contributed by atoms with E-state index >= 15 is 0 Å². The van der Waals surface area contributed by atoms with Crippen molar-refractivity contribution in [2.75, 3.05) is 6.54 Å². The fourth-order valence-electron chi connectivity index (χ4n) is 2.28. The Morgan fingerprint density at radius 3 is 2.60 bits per heavy atom. The van der Waals surface area contributed by atoms with E-state index in [1.54, 1.807) is 5.57 Å². The monoisotopic (exact) mass is 209 g/mol. The van der Waals surface area contributed by atoms with Crippen LogP contribution in [0.3, 0.4) is 0 Å². The summed E-state index contributed by atoms with van der Waals surface area (Å²) >= 11 is 0. The van der Waals surface area contributed by atoms with Gasteiger partial charge in [-0.3, -0.25) is 0 Å². The van der Waals surface area contributed by atoms with Gasteiger partial charge in [-0.25, -0.2) is 0 Å². The van der Waals surface area contributed by atoms with E-state index in [1.807, 2.05) is 0 Å². The van der Waals surface area contributed by atoms with Crippen LogP contribution in [0, 0.1) is 5.41 Å². The molecule has 1 heteroatoms. The van der Waals surface area contributed by atoms with Crippen LogP contribution in [0.2, 0.25) is 0 Å². The van der Waals surface area contributed by atoms with Crippen LogP contribution in [0.1, 0.15) is 59.8 Å². The molecule has 0 aromatic carbocycles. The molecular formula is C14H27N. The Balaban J connectivity index is 2.52. The maximum absolute atomic E-state index is 3.70. The molecule has 0 aromatic rings. The summed E-state index contributed by atoms with van der Waals surface area (Å²) in [6.45, 7) is 10.4. The highest BCUT2D eigenvalue weighted by atomic mass is 14.9. The molecule has 0 saturated carbocycles. The van der Waals surface area contributed by atoms with Gasteiger partial charge in [0.2, 0.25) is 0 Å². The molecule has 0 spiro atoms. The van der Waals surface area contributed by atoms with Crippen LogP contribution >= 0.6 is 0 Å². The second-order valence-corrected chi connectivity index (χ2v) is 5.94. The van der Waals surface area contributed by atoms with Gasteiger partial charge in [0.05, 0.1) is 0 Å². The van der Waals surface area contributed by atoms with Crippen molar-refractivity contribution in [1.82, 2.24) is 5.32 Å². The van der Waals surface area contributed by atoms with Crippen molar-refractivity contribution in [1.29, 1.82) is 0 Å². The predicted octanol–water partition coefficient (Wildman–Crippen LogP) is 3.90. The van der Waals surface area contributed by atoms with Gasteiger partial charge in [0.15, 0.2) is 0 Å².